The molecule has 0 bridgehead atoms. The number of carboxylic acids is 2. The number of hydrogen-bond acceptors (Lipinski definition) is 13. The summed E-state index contributed by atoms with van der Waals surface area (Å²) >= 11 is 0. The average molecular weight is 994 g/mol. The number of nitrogens with one attached hydrogen (secondary N) is 4. The van der Waals surface area contributed by atoms with Gasteiger partial charge < -0.3 is 73.5 Å². The zero-order chi connectivity index (χ0) is 53.8. The first kappa shape index (κ1) is 63.3. The molecule has 0 radical (unpaired) electrons. The molecule has 0 spiro atoms. The summed E-state index contributed by atoms with van der Waals surface area (Å²) in [5.41, 5.74) is 21.2. The molecular weight excluding hydrogens is 915 g/mol. The van der Waals surface area contributed by atoms with Gasteiger partial charge in [0.15, 0.2) is 11.9 Å². The number of carbonyl (C=O) groups excluding carboxylic acids is 6. The molecule has 0 unspecified atom stereocenters. The van der Waals surface area contributed by atoms with E-state index in [1.54, 1.807) is 72.7 Å². The van der Waals surface area contributed by atoms with Crippen molar-refractivity contribution in [3.8, 4) is 0 Å². The lowest BCUT2D eigenvalue weighted by atomic mass is 9.97. The van der Waals surface area contributed by atoms with Crippen LogP contribution in [-0.2, 0) is 54.4 Å². The SMILES string of the molecule is CC(=O)O.CC(=O)O.CC[C@H](C)[C@H](NC(=O)[C@H](CCCN=C(N)N)NC(=O)OCc1ccccc1)C(=O)N[C@@H](COC(C)(C)C)C(=O)N[C@@H](CCCN=C(N)N)C(=O)N1CCC[C@H]1C(=O)OC(C)(C)C. The van der Waals surface area contributed by atoms with Crippen LogP contribution in [0.5, 0.6) is 0 Å². The summed E-state index contributed by atoms with van der Waals surface area (Å²) in [6.07, 6.45) is 1.29. The van der Waals surface area contributed by atoms with Crippen LogP contribution in [0.4, 0.5) is 4.79 Å². The average Bonchev–Trinajstić information content (AvgIpc) is 3.74. The van der Waals surface area contributed by atoms with E-state index >= 15 is 0 Å². The topological polar surface area (TPSA) is 385 Å². The minimum Gasteiger partial charge on any atom is -0.481 e. The number of likely N-dealkylation sites (tertiary alicyclic amines) is 1. The summed E-state index contributed by atoms with van der Waals surface area (Å²) in [6, 6.07) is 3.30. The first-order valence-electron chi connectivity index (χ1n) is 23.0. The number of guanidine groups is 2. The molecule has 1 heterocycles. The highest BCUT2D eigenvalue weighted by Gasteiger charge is 2.41. The molecule has 0 aromatic heterocycles. The van der Waals surface area contributed by atoms with Crippen LogP contribution in [0.1, 0.15) is 120 Å². The highest BCUT2D eigenvalue weighted by atomic mass is 16.6. The van der Waals surface area contributed by atoms with E-state index in [0.717, 1.165) is 19.4 Å². The molecule has 1 aromatic carbocycles. The van der Waals surface area contributed by atoms with Gasteiger partial charge >= 0.3 is 12.1 Å². The van der Waals surface area contributed by atoms with E-state index in [-0.39, 0.29) is 64.0 Å². The Hall–Kier alpha value is -6.72. The van der Waals surface area contributed by atoms with Crippen LogP contribution in [0.2, 0.25) is 0 Å². The third-order valence-electron chi connectivity index (χ3n) is 9.65. The van der Waals surface area contributed by atoms with E-state index in [1.165, 1.54) is 4.90 Å². The maximum absolute atomic E-state index is 14.2. The van der Waals surface area contributed by atoms with E-state index in [4.69, 9.17) is 56.9 Å². The van der Waals surface area contributed by atoms with Crippen molar-refractivity contribution in [2.75, 3.05) is 26.2 Å². The zero-order valence-corrected chi connectivity index (χ0v) is 42.4. The standard InChI is InChI=1S/C42H71N11O9.2C2H4O2/c1-9-26(2)32(52-33(54)28(18-13-21-47-38(43)44)51-40(59)60-24-27-16-11-10-12-17-27)35(56)50-30(25-61-41(3,4)5)34(55)49-29(19-14-22-48-39(45)46)36(57)53-23-15-20-31(53)37(58)62-42(6,7)8;2*1-2(3)4/h10-12,16-17,26,28-32H,9,13-15,18-25H2,1-8H3,(H,49,55)(H,50,56)(H,51,59)(H,52,54)(H4,43,44,47)(H4,45,46,48);2*1H3,(H,3,4)/t26-,28-,29-,30-,31-,32-;;/m0../s1. The number of benzene rings is 1. The summed E-state index contributed by atoms with van der Waals surface area (Å²) in [5, 5.41) is 25.7. The van der Waals surface area contributed by atoms with Crippen molar-refractivity contribution >= 4 is 59.5 Å². The number of carboxylic acid groups (broad SMARTS) is 2. The third-order valence-corrected chi connectivity index (χ3v) is 9.65. The molecule has 0 saturated carbocycles. The molecule has 70 heavy (non-hydrogen) atoms. The van der Waals surface area contributed by atoms with E-state index in [1.807, 2.05) is 13.0 Å². The van der Waals surface area contributed by atoms with E-state index in [0.29, 0.717) is 25.7 Å². The van der Waals surface area contributed by atoms with Crippen molar-refractivity contribution < 1.29 is 62.8 Å². The Morgan fingerprint density at radius 3 is 1.73 bits per heavy atom. The molecule has 6 atom stereocenters. The minimum absolute atomic E-state index is 0.0436. The lowest BCUT2D eigenvalue weighted by Gasteiger charge is -2.32. The van der Waals surface area contributed by atoms with Crippen molar-refractivity contribution in [2.24, 2.45) is 38.8 Å². The van der Waals surface area contributed by atoms with Crippen molar-refractivity contribution in [3.05, 3.63) is 35.9 Å². The molecule has 396 valence electrons. The largest absolute Gasteiger partial charge is 0.481 e. The van der Waals surface area contributed by atoms with Crippen molar-refractivity contribution in [2.45, 2.75) is 162 Å². The third kappa shape index (κ3) is 29.2. The summed E-state index contributed by atoms with van der Waals surface area (Å²) < 4.78 is 16.9. The van der Waals surface area contributed by atoms with Gasteiger partial charge in [0.1, 0.15) is 42.4 Å². The molecule has 1 aromatic rings. The number of carbonyl (C=O) groups is 8. The van der Waals surface area contributed by atoms with Crippen LogP contribution >= 0.6 is 0 Å². The van der Waals surface area contributed by atoms with Gasteiger partial charge in [-0.2, -0.15) is 0 Å². The molecule has 1 aliphatic heterocycles. The Labute approximate surface area is 410 Å². The number of alkyl carbamates (subject to hydrolysis) is 1. The Kier molecular flexibility index (Phi) is 29.1. The lowest BCUT2D eigenvalue weighted by molar-refractivity contribution is -0.163. The second kappa shape index (κ2) is 32.2. The van der Waals surface area contributed by atoms with Gasteiger partial charge in [-0.25, -0.2) is 9.59 Å². The fourth-order valence-electron chi connectivity index (χ4n) is 6.29. The molecule has 2 rings (SSSR count). The maximum Gasteiger partial charge on any atom is 0.408 e. The van der Waals surface area contributed by atoms with Gasteiger partial charge in [0.2, 0.25) is 23.6 Å². The number of rotatable bonds is 23. The van der Waals surface area contributed by atoms with Crippen LogP contribution in [0, 0.1) is 5.92 Å². The number of nitrogens with two attached hydrogens (primary N) is 4. The Morgan fingerprint density at radius 2 is 1.24 bits per heavy atom. The Bertz CT molecular complexity index is 1880. The quantitative estimate of drug-likeness (QED) is 0.0319. The van der Waals surface area contributed by atoms with Crippen LogP contribution in [0.25, 0.3) is 0 Å². The van der Waals surface area contributed by atoms with Gasteiger partial charge in [-0.1, -0.05) is 50.6 Å². The molecule has 1 saturated heterocycles. The molecule has 14 N–H and O–H groups in total. The number of nitrogens with zero attached hydrogens (tertiary/aromatic N) is 3. The normalized spacial score (nSPS) is 15.2. The van der Waals surface area contributed by atoms with E-state index in [9.17, 15) is 28.8 Å². The number of ether oxygens (including phenoxy) is 3. The zero-order valence-electron chi connectivity index (χ0n) is 42.4. The fourth-order valence-corrected chi connectivity index (χ4v) is 6.29. The number of aliphatic carboxylic acids is 2. The van der Waals surface area contributed by atoms with Crippen LogP contribution in [0.15, 0.2) is 40.3 Å². The summed E-state index contributed by atoms with van der Waals surface area (Å²) in [7, 11) is 0. The van der Waals surface area contributed by atoms with Crippen molar-refractivity contribution in [1.29, 1.82) is 0 Å². The molecule has 1 fully saturated rings. The highest BCUT2D eigenvalue weighted by molar-refractivity contribution is 5.96. The second-order valence-corrected chi connectivity index (χ2v) is 18.3. The first-order chi connectivity index (χ1) is 32.5. The van der Waals surface area contributed by atoms with Gasteiger partial charge in [-0.15, -0.1) is 0 Å². The fraction of sp³-hybridized carbons (Fsp3) is 0.652. The molecular formula is C46H79N11O13. The van der Waals surface area contributed by atoms with E-state index in [2.05, 4.69) is 31.3 Å². The van der Waals surface area contributed by atoms with Crippen molar-refractivity contribution in [3.63, 3.8) is 0 Å². The monoisotopic (exact) mass is 994 g/mol. The van der Waals surface area contributed by atoms with Gasteiger partial charge in [-0.3, -0.25) is 38.8 Å². The summed E-state index contributed by atoms with van der Waals surface area (Å²) in [6.45, 7) is 16.5. The summed E-state index contributed by atoms with van der Waals surface area (Å²) in [4.78, 5) is 110. The van der Waals surface area contributed by atoms with Crippen LogP contribution in [-0.4, -0.2) is 142 Å². The molecule has 5 amide bonds. The van der Waals surface area contributed by atoms with Gasteiger partial charge in [-0.05, 0) is 91.5 Å². The van der Waals surface area contributed by atoms with Crippen LogP contribution in [0.3, 0.4) is 0 Å². The van der Waals surface area contributed by atoms with Gasteiger partial charge in [0.05, 0.1) is 12.2 Å². The van der Waals surface area contributed by atoms with Gasteiger partial charge in [0, 0.05) is 33.5 Å². The Balaban J connectivity index is 0.00000550. The first-order valence-corrected chi connectivity index (χ1v) is 23.0. The highest BCUT2D eigenvalue weighted by Crippen LogP contribution is 2.23. The maximum atomic E-state index is 14.2. The second-order valence-electron chi connectivity index (χ2n) is 18.3. The van der Waals surface area contributed by atoms with E-state index < -0.39 is 95.0 Å². The smallest absolute Gasteiger partial charge is 0.408 e. The molecule has 24 heteroatoms. The number of aliphatic imine (C=N–C) groups is 2. The predicted molar refractivity (Wildman–Crippen MR) is 262 cm³/mol. The minimum atomic E-state index is -1.35. The summed E-state index contributed by atoms with van der Waals surface area (Å²) in [5.74, 6) is -5.59. The molecule has 24 nitrogen and oxygen atoms in total. The lowest BCUT2D eigenvalue weighted by Crippen LogP contribution is -2.61. The van der Waals surface area contributed by atoms with Crippen molar-refractivity contribution in [1.82, 2.24) is 26.2 Å². The number of esters is 1. The molecule has 0 aliphatic carbocycles. The number of hydrogen-bond donors (Lipinski definition) is 10. The van der Waals surface area contributed by atoms with Gasteiger partial charge in [0.25, 0.3) is 11.9 Å². The Morgan fingerprint density at radius 1 is 0.743 bits per heavy atom. The molecule has 1 aliphatic rings. The number of amides is 5. The van der Waals surface area contributed by atoms with Crippen LogP contribution < -0.4 is 44.2 Å². The predicted octanol–water partition coefficient (Wildman–Crippen LogP) is 1.22.